The molecule has 0 aromatic heterocycles. The molecular weight excluding hydrogens is 360 g/mol. The van der Waals surface area contributed by atoms with Gasteiger partial charge < -0.3 is 15.4 Å². The Morgan fingerprint density at radius 2 is 2.04 bits per heavy atom. The predicted octanol–water partition coefficient (Wildman–Crippen LogP) is 3.76. The molecule has 0 radical (unpaired) electrons. The maximum Gasteiger partial charge on any atom is 0.246 e. The van der Waals surface area contributed by atoms with Gasteiger partial charge in [-0.05, 0) is 48.2 Å². The number of carbonyl (C=O) groups excluding carboxylic acids is 1. The molecule has 4 rings (SSSR count). The first kappa shape index (κ1) is 18.1. The number of nitrogens with two attached hydrogens (primary N) is 1. The molecule has 1 spiro atoms. The van der Waals surface area contributed by atoms with Crippen molar-refractivity contribution in [3.63, 3.8) is 0 Å². The number of amides is 1. The second-order valence-electron chi connectivity index (χ2n) is 7.32. The van der Waals surface area contributed by atoms with E-state index in [4.69, 9.17) is 22.1 Å². The van der Waals surface area contributed by atoms with Gasteiger partial charge in [0.1, 0.15) is 5.75 Å². The van der Waals surface area contributed by atoms with Crippen molar-refractivity contribution < 1.29 is 9.53 Å². The number of rotatable bonds is 3. The molecule has 2 aromatic rings. The van der Waals surface area contributed by atoms with Crippen molar-refractivity contribution >= 4 is 23.6 Å². The third-order valence-corrected chi connectivity index (χ3v) is 5.89. The van der Waals surface area contributed by atoms with E-state index in [2.05, 4.69) is 6.07 Å². The third-order valence-electron chi connectivity index (χ3n) is 5.65. The lowest BCUT2D eigenvalue weighted by molar-refractivity contribution is -0.127. The van der Waals surface area contributed by atoms with Crippen LogP contribution in [0.4, 0.5) is 0 Å². The number of carbonyl (C=O) groups is 1. The number of benzene rings is 2. The lowest BCUT2D eigenvalue weighted by Gasteiger charge is -2.38. The molecule has 0 unspecified atom stereocenters. The van der Waals surface area contributed by atoms with E-state index in [-0.39, 0.29) is 11.3 Å². The fraction of sp³-hybridized carbons (Fsp3) is 0.318. The van der Waals surface area contributed by atoms with Crippen LogP contribution < -0.4 is 10.5 Å². The summed E-state index contributed by atoms with van der Waals surface area (Å²) in [4.78, 5) is 14.5. The summed E-state index contributed by atoms with van der Waals surface area (Å²) in [7, 11) is 0. The molecule has 2 heterocycles. The van der Waals surface area contributed by atoms with Gasteiger partial charge in [0.15, 0.2) is 0 Å². The Labute approximate surface area is 164 Å². The molecule has 4 nitrogen and oxygen atoms in total. The molecule has 2 N–H and O–H groups in total. The van der Waals surface area contributed by atoms with Crippen LogP contribution in [0.25, 0.3) is 6.08 Å². The fourth-order valence-electron chi connectivity index (χ4n) is 3.99. The van der Waals surface area contributed by atoms with Gasteiger partial charge in [0.25, 0.3) is 0 Å². The Balaban J connectivity index is 1.43. The second-order valence-corrected chi connectivity index (χ2v) is 7.75. The molecule has 0 bridgehead atoms. The van der Waals surface area contributed by atoms with E-state index in [1.165, 1.54) is 5.56 Å². The predicted molar refractivity (Wildman–Crippen MR) is 108 cm³/mol. The van der Waals surface area contributed by atoms with Crippen LogP contribution in [0.2, 0.25) is 5.02 Å². The Morgan fingerprint density at radius 3 is 2.78 bits per heavy atom. The Kier molecular flexibility index (Phi) is 4.94. The highest BCUT2D eigenvalue weighted by Crippen LogP contribution is 2.45. The first-order valence-electron chi connectivity index (χ1n) is 9.28. The summed E-state index contributed by atoms with van der Waals surface area (Å²) in [5.74, 6) is 1.01. The molecule has 2 aliphatic heterocycles. The molecule has 1 saturated heterocycles. The molecule has 2 aliphatic rings. The summed E-state index contributed by atoms with van der Waals surface area (Å²) in [6, 6.07) is 13.7. The summed E-state index contributed by atoms with van der Waals surface area (Å²) < 4.78 is 5.93. The van der Waals surface area contributed by atoms with Crippen LogP contribution in [0.15, 0.2) is 48.5 Å². The largest absolute Gasteiger partial charge is 0.492 e. The highest BCUT2D eigenvalue weighted by atomic mass is 35.5. The number of fused-ring (bicyclic) bond motifs is 2. The minimum absolute atomic E-state index is 0.00790. The van der Waals surface area contributed by atoms with E-state index in [9.17, 15) is 4.79 Å². The zero-order chi connectivity index (χ0) is 18.9. The maximum atomic E-state index is 12.6. The highest BCUT2D eigenvalue weighted by molar-refractivity contribution is 6.30. The van der Waals surface area contributed by atoms with Crippen molar-refractivity contribution in [3.05, 3.63) is 70.3 Å². The van der Waals surface area contributed by atoms with Crippen LogP contribution in [0.5, 0.6) is 5.75 Å². The van der Waals surface area contributed by atoms with Crippen molar-refractivity contribution in [1.29, 1.82) is 0 Å². The lowest BCUT2D eigenvalue weighted by Crippen LogP contribution is -2.45. The summed E-state index contributed by atoms with van der Waals surface area (Å²) in [6.45, 7) is 2.68. The van der Waals surface area contributed by atoms with E-state index in [1.54, 1.807) is 6.08 Å². The van der Waals surface area contributed by atoms with Gasteiger partial charge in [-0.3, -0.25) is 4.79 Å². The van der Waals surface area contributed by atoms with Gasteiger partial charge in [-0.1, -0.05) is 35.9 Å². The Hall–Kier alpha value is -2.30. The van der Waals surface area contributed by atoms with Crippen LogP contribution >= 0.6 is 11.6 Å². The highest BCUT2D eigenvalue weighted by Gasteiger charge is 2.43. The molecule has 0 aliphatic carbocycles. The second kappa shape index (κ2) is 7.37. The number of likely N-dealkylation sites (tertiary alicyclic amines) is 1. The van der Waals surface area contributed by atoms with Gasteiger partial charge >= 0.3 is 0 Å². The SMILES string of the molecule is NCc1ccc2c(c1)C1(CCN(C(=O)/C=C/c3cccc(Cl)c3)CC1)CO2. The lowest BCUT2D eigenvalue weighted by atomic mass is 9.74. The molecular formula is C22H23ClN2O2. The van der Waals surface area contributed by atoms with E-state index in [0.717, 1.165) is 42.8 Å². The van der Waals surface area contributed by atoms with Crippen molar-refractivity contribution in [1.82, 2.24) is 4.90 Å². The topological polar surface area (TPSA) is 55.6 Å². The number of piperidine rings is 1. The van der Waals surface area contributed by atoms with E-state index < -0.39 is 0 Å². The van der Waals surface area contributed by atoms with Crippen LogP contribution in [-0.4, -0.2) is 30.5 Å². The van der Waals surface area contributed by atoms with Gasteiger partial charge in [0.05, 0.1) is 6.61 Å². The first-order chi connectivity index (χ1) is 13.1. The zero-order valence-electron chi connectivity index (χ0n) is 15.2. The van der Waals surface area contributed by atoms with Crippen LogP contribution in [0.3, 0.4) is 0 Å². The van der Waals surface area contributed by atoms with Crippen molar-refractivity contribution in [2.75, 3.05) is 19.7 Å². The van der Waals surface area contributed by atoms with Crippen LogP contribution in [0.1, 0.15) is 29.5 Å². The average Bonchev–Trinajstić information content (AvgIpc) is 3.04. The number of nitrogens with zero attached hydrogens (tertiary/aromatic N) is 1. The quantitative estimate of drug-likeness (QED) is 0.822. The summed E-state index contributed by atoms with van der Waals surface area (Å²) in [6.07, 6.45) is 5.27. The fourth-order valence-corrected chi connectivity index (χ4v) is 4.19. The van der Waals surface area contributed by atoms with Gasteiger partial charge in [0, 0.05) is 41.7 Å². The summed E-state index contributed by atoms with van der Waals surface area (Å²) in [5, 5.41) is 0.668. The molecule has 1 fully saturated rings. The number of ether oxygens (including phenoxy) is 1. The minimum Gasteiger partial charge on any atom is -0.492 e. The standard InChI is InChI=1S/C22H23ClN2O2/c23-18-3-1-2-16(12-18)5-7-21(26)25-10-8-22(9-11-25)15-27-20-6-4-17(14-24)13-19(20)22/h1-7,12-13H,8-11,14-15,24H2/b7-5+. The summed E-state index contributed by atoms with van der Waals surface area (Å²) in [5.41, 5.74) is 9.12. The van der Waals surface area contributed by atoms with Crippen LogP contribution in [-0.2, 0) is 16.8 Å². The van der Waals surface area contributed by atoms with Crippen molar-refractivity contribution in [3.8, 4) is 5.75 Å². The molecule has 5 heteroatoms. The maximum absolute atomic E-state index is 12.6. The van der Waals surface area contributed by atoms with E-state index in [0.29, 0.717) is 18.2 Å². The molecule has 0 atom stereocenters. The molecule has 140 valence electrons. The zero-order valence-corrected chi connectivity index (χ0v) is 15.9. The molecule has 1 amide bonds. The van der Waals surface area contributed by atoms with Gasteiger partial charge in [-0.25, -0.2) is 0 Å². The molecule has 27 heavy (non-hydrogen) atoms. The normalized spacial score (nSPS) is 17.9. The van der Waals surface area contributed by atoms with Gasteiger partial charge in [-0.2, -0.15) is 0 Å². The number of halogens is 1. The number of hydrogen-bond donors (Lipinski definition) is 1. The third kappa shape index (κ3) is 3.60. The summed E-state index contributed by atoms with van der Waals surface area (Å²) >= 11 is 5.99. The van der Waals surface area contributed by atoms with Crippen molar-refractivity contribution in [2.24, 2.45) is 5.73 Å². The van der Waals surface area contributed by atoms with Gasteiger partial charge in [-0.15, -0.1) is 0 Å². The van der Waals surface area contributed by atoms with Crippen molar-refractivity contribution in [2.45, 2.75) is 24.8 Å². The average molecular weight is 383 g/mol. The van der Waals surface area contributed by atoms with E-state index >= 15 is 0 Å². The minimum atomic E-state index is 0.00790. The van der Waals surface area contributed by atoms with Crippen LogP contribution in [0, 0.1) is 0 Å². The monoisotopic (exact) mass is 382 g/mol. The first-order valence-corrected chi connectivity index (χ1v) is 9.66. The van der Waals surface area contributed by atoms with Gasteiger partial charge in [0.2, 0.25) is 5.91 Å². The number of hydrogen-bond acceptors (Lipinski definition) is 3. The Morgan fingerprint density at radius 1 is 1.22 bits per heavy atom. The molecule has 0 saturated carbocycles. The molecule has 2 aromatic carbocycles. The Bertz CT molecular complexity index is 886. The van der Waals surface area contributed by atoms with E-state index in [1.807, 2.05) is 47.4 Å². The smallest absolute Gasteiger partial charge is 0.246 e.